The molecule has 0 spiro atoms. The zero-order chi connectivity index (χ0) is 15.2. The number of nitrogens with zero attached hydrogens (tertiary/aromatic N) is 1. The molecule has 0 atom stereocenters. The molecular formula is C14H25N3O2S. The summed E-state index contributed by atoms with van der Waals surface area (Å²) in [5.41, 5.74) is 5.83. The van der Waals surface area contributed by atoms with Crippen LogP contribution in [0, 0.1) is 5.41 Å². The van der Waals surface area contributed by atoms with Crippen molar-refractivity contribution in [1.29, 1.82) is 0 Å². The summed E-state index contributed by atoms with van der Waals surface area (Å²) in [5, 5.41) is 0. The van der Waals surface area contributed by atoms with Crippen LogP contribution >= 0.6 is 0 Å². The second-order valence-electron chi connectivity index (χ2n) is 5.86. The Balaban J connectivity index is 2.66. The molecule has 0 bridgehead atoms. The Labute approximate surface area is 122 Å². The van der Waals surface area contributed by atoms with E-state index >= 15 is 0 Å². The fourth-order valence-electron chi connectivity index (χ4n) is 1.93. The number of hydrogen-bond acceptors (Lipinski definition) is 4. The smallest absolute Gasteiger partial charge is 0.244 e. The van der Waals surface area contributed by atoms with Crippen LogP contribution in [0.3, 0.4) is 0 Å². The normalized spacial score (nSPS) is 12.6. The molecule has 5 nitrogen and oxygen atoms in total. The monoisotopic (exact) mass is 299 g/mol. The summed E-state index contributed by atoms with van der Waals surface area (Å²) in [6, 6.07) is 1.49. The molecule has 0 aliphatic carbocycles. The molecule has 3 N–H and O–H groups in total. The van der Waals surface area contributed by atoms with Crippen LogP contribution in [-0.4, -0.2) is 19.9 Å². The zero-order valence-electron chi connectivity index (χ0n) is 12.5. The second kappa shape index (κ2) is 7.04. The van der Waals surface area contributed by atoms with E-state index in [1.54, 1.807) is 0 Å². The Morgan fingerprint density at radius 3 is 2.65 bits per heavy atom. The van der Waals surface area contributed by atoms with E-state index in [9.17, 15) is 8.42 Å². The van der Waals surface area contributed by atoms with Crippen molar-refractivity contribution in [3.63, 3.8) is 0 Å². The highest BCUT2D eigenvalue weighted by Gasteiger charge is 2.23. The minimum Gasteiger partial charge on any atom is -0.398 e. The number of hydrogen-bond donors (Lipinski definition) is 2. The lowest BCUT2D eigenvalue weighted by Crippen LogP contribution is -2.34. The summed E-state index contributed by atoms with van der Waals surface area (Å²) in [5.74, 6) is 0. The van der Waals surface area contributed by atoms with Crippen LogP contribution in [0.15, 0.2) is 23.4 Å². The number of nitrogens with one attached hydrogen (secondary N) is 1. The molecule has 0 saturated heterocycles. The van der Waals surface area contributed by atoms with E-state index in [0.717, 1.165) is 19.3 Å². The third-order valence-electron chi connectivity index (χ3n) is 3.30. The minimum atomic E-state index is -3.59. The molecule has 1 aromatic rings. The van der Waals surface area contributed by atoms with E-state index in [1.165, 1.54) is 24.9 Å². The Morgan fingerprint density at radius 2 is 2.05 bits per heavy atom. The van der Waals surface area contributed by atoms with Crippen molar-refractivity contribution in [2.24, 2.45) is 5.41 Å². The molecular weight excluding hydrogens is 274 g/mol. The topological polar surface area (TPSA) is 85.1 Å². The molecule has 1 rings (SSSR count). The predicted molar refractivity (Wildman–Crippen MR) is 81.8 cm³/mol. The molecule has 0 radical (unpaired) electrons. The maximum absolute atomic E-state index is 12.2. The van der Waals surface area contributed by atoms with Gasteiger partial charge >= 0.3 is 0 Å². The van der Waals surface area contributed by atoms with Crippen molar-refractivity contribution < 1.29 is 8.42 Å². The lowest BCUT2D eigenvalue weighted by molar-refractivity contribution is 0.320. The van der Waals surface area contributed by atoms with Crippen molar-refractivity contribution in [3.05, 3.63) is 18.5 Å². The highest BCUT2D eigenvalue weighted by Crippen LogP contribution is 2.24. The Morgan fingerprint density at radius 1 is 1.35 bits per heavy atom. The van der Waals surface area contributed by atoms with Gasteiger partial charge in [-0.3, -0.25) is 4.98 Å². The van der Waals surface area contributed by atoms with Crippen LogP contribution in [0.25, 0.3) is 0 Å². The molecule has 20 heavy (non-hydrogen) atoms. The summed E-state index contributed by atoms with van der Waals surface area (Å²) < 4.78 is 27.0. The molecule has 0 aliphatic heterocycles. The molecule has 0 aliphatic rings. The first-order valence-electron chi connectivity index (χ1n) is 6.98. The van der Waals surface area contributed by atoms with Gasteiger partial charge in [-0.15, -0.1) is 0 Å². The molecule has 0 saturated carbocycles. The zero-order valence-corrected chi connectivity index (χ0v) is 13.3. The van der Waals surface area contributed by atoms with E-state index < -0.39 is 10.0 Å². The van der Waals surface area contributed by atoms with Crippen LogP contribution < -0.4 is 10.5 Å². The number of nitrogen functional groups attached to an aromatic ring is 1. The van der Waals surface area contributed by atoms with Gasteiger partial charge in [-0.05, 0) is 17.9 Å². The molecule has 1 heterocycles. The summed E-state index contributed by atoms with van der Waals surface area (Å²) in [4.78, 5) is 3.86. The lowest BCUT2D eigenvalue weighted by Gasteiger charge is -2.25. The van der Waals surface area contributed by atoms with Crippen LogP contribution in [0.2, 0.25) is 0 Å². The molecule has 0 unspecified atom stereocenters. The number of anilines is 1. The summed E-state index contributed by atoms with van der Waals surface area (Å²) in [6.07, 6.45) is 7.19. The van der Waals surface area contributed by atoms with Crippen molar-refractivity contribution >= 4 is 15.7 Å². The van der Waals surface area contributed by atoms with Gasteiger partial charge in [0.15, 0.2) is 0 Å². The molecule has 0 aromatic carbocycles. The van der Waals surface area contributed by atoms with Gasteiger partial charge < -0.3 is 5.73 Å². The Hall–Kier alpha value is -1.14. The first-order valence-corrected chi connectivity index (χ1v) is 8.46. The van der Waals surface area contributed by atoms with E-state index in [2.05, 4.69) is 30.5 Å². The summed E-state index contributed by atoms with van der Waals surface area (Å²) in [7, 11) is -3.59. The second-order valence-corrected chi connectivity index (χ2v) is 7.59. The highest BCUT2D eigenvalue weighted by molar-refractivity contribution is 7.89. The van der Waals surface area contributed by atoms with Gasteiger partial charge in [0.05, 0.1) is 5.69 Å². The summed E-state index contributed by atoms with van der Waals surface area (Å²) >= 11 is 0. The standard InChI is InChI=1S/C14H25N3O2S/c1-4-5-6-8-14(2,3)11-17-20(18,19)13-10-16-9-7-12(13)15/h7,9-10,17H,4-6,8,11H2,1-3H3,(H2,15,16). The number of unbranched alkanes of at least 4 members (excludes halogenated alkanes) is 2. The maximum atomic E-state index is 12.2. The molecule has 0 amide bonds. The van der Waals surface area contributed by atoms with E-state index in [1.807, 2.05) is 0 Å². The van der Waals surface area contributed by atoms with Gasteiger partial charge in [-0.25, -0.2) is 13.1 Å². The first-order chi connectivity index (χ1) is 9.28. The van der Waals surface area contributed by atoms with Gasteiger partial charge in [-0.2, -0.15) is 0 Å². The van der Waals surface area contributed by atoms with Gasteiger partial charge in [0.1, 0.15) is 4.90 Å². The Kier molecular flexibility index (Phi) is 5.95. The van der Waals surface area contributed by atoms with Crippen molar-refractivity contribution in [2.45, 2.75) is 51.3 Å². The predicted octanol–water partition coefficient (Wildman–Crippen LogP) is 2.55. The fourth-order valence-corrected chi connectivity index (χ4v) is 3.24. The maximum Gasteiger partial charge on any atom is 0.244 e. The molecule has 0 fully saturated rings. The van der Waals surface area contributed by atoms with E-state index in [4.69, 9.17) is 5.73 Å². The SMILES string of the molecule is CCCCCC(C)(C)CNS(=O)(=O)c1cnccc1N. The van der Waals surface area contributed by atoms with Crippen molar-refractivity contribution in [3.8, 4) is 0 Å². The van der Waals surface area contributed by atoms with Gasteiger partial charge in [0.25, 0.3) is 0 Å². The quantitative estimate of drug-likeness (QED) is 0.722. The first kappa shape index (κ1) is 16.9. The molecule has 114 valence electrons. The molecule has 6 heteroatoms. The van der Waals surface area contributed by atoms with Gasteiger partial charge in [0, 0.05) is 18.9 Å². The van der Waals surface area contributed by atoms with Gasteiger partial charge in [-0.1, -0.05) is 40.0 Å². The third kappa shape index (κ3) is 5.09. The average Bonchev–Trinajstić information content (AvgIpc) is 2.37. The van der Waals surface area contributed by atoms with Crippen LogP contribution in [0.1, 0.15) is 46.5 Å². The number of pyridine rings is 1. The van der Waals surface area contributed by atoms with Crippen molar-refractivity contribution in [2.75, 3.05) is 12.3 Å². The van der Waals surface area contributed by atoms with E-state index in [0.29, 0.717) is 6.54 Å². The third-order valence-corrected chi connectivity index (χ3v) is 4.75. The Bertz CT molecular complexity index is 527. The number of aromatic nitrogens is 1. The number of nitrogens with two attached hydrogens (primary N) is 1. The van der Waals surface area contributed by atoms with Gasteiger partial charge in [0.2, 0.25) is 10.0 Å². The fraction of sp³-hybridized carbons (Fsp3) is 0.643. The van der Waals surface area contributed by atoms with Crippen LogP contribution in [0.5, 0.6) is 0 Å². The van der Waals surface area contributed by atoms with Crippen molar-refractivity contribution in [1.82, 2.24) is 9.71 Å². The van der Waals surface area contributed by atoms with E-state index in [-0.39, 0.29) is 16.0 Å². The van der Waals surface area contributed by atoms with Crippen LogP contribution in [0.4, 0.5) is 5.69 Å². The number of rotatable bonds is 8. The summed E-state index contributed by atoms with van der Waals surface area (Å²) in [6.45, 7) is 6.68. The highest BCUT2D eigenvalue weighted by atomic mass is 32.2. The average molecular weight is 299 g/mol. The minimum absolute atomic E-state index is 0.0457. The molecule has 1 aromatic heterocycles. The lowest BCUT2D eigenvalue weighted by atomic mass is 9.87. The van der Waals surface area contributed by atoms with Crippen LogP contribution in [-0.2, 0) is 10.0 Å². The largest absolute Gasteiger partial charge is 0.398 e. The number of sulfonamides is 1.